The highest BCUT2D eigenvalue weighted by atomic mass is 32.2. The fraction of sp³-hybridized carbons (Fsp3) is 0.278. The van der Waals surface area contributed by atoms with Crippen LogP contribution >= 0.6 is 0 Å². The van der Waals surface area contributed by atoms with Crippen LogP contribution in [0.3, 0.4) is 0 Å². The Kier molecular flexibility index (Phi) is 3.86. The van der Waals surface area contributed by atoms with E-state index in [9.17, 15) is 8.42 Å². The molecule has 0 aliphatic carbocycles. The molecule has 0 atom stereocenters. The Balaban J connectivity index is 1.83. The fourth-order valence-corrected chi connectivity index (χ4v) is 4.74. The maximum absolute atomic E-state index is 13.0. The molecule has 0 amide bonds. The van der Waals surface area contributed by atoms with Crippen LogP contribution in [-0.2, 0) is 10.0 Å². The summed E-state index contributed by atoms with van der Waals surface area (Å²) in [6.07, 6.45) is 2.89. The largest absolute Gasteiger partial charge is 0.436 e. The number of piperidine rings is 1. The predicted octanol–water partition coefficient (Wildman–Crippen LogP) is 3.67. The number of hydrogen-bond donors (Lipinski definition) is 0. The summed E-state index contributed by atoms with van der Waals surface area (Å²) in [5.74, 6) is 0.437. The lowest BCUT2D eigenvalue weighted by molar-refractivity contribution is 0.347. The summed E-state index contributed by atoms with van der Waals surface area (Å²) in [6.45, 7) is 1.14. The molecular formula is C18H18N2O3S. The van der Waals surface area contributed by atoms with E-state index in [-0.39, 0.29) is 4.90 Å². The van der Waals surface area contributed by atoms with Gasteiger partial charge in [0.05, 0.1) is 0 Å². The van der Waals surface area contributed by atoms with Crippen LogP contribution in [0.2, 0.25) is 0 Å². The lowest BCUT2D eigenvalue weighted by Crippen LogP contribution is -2.35. The SMILES string of the molecule is O=S(=O)(c1cccc2oc(-c3ccccc3)nc12)N1CCCCC1. The summed E-state index contributed by atoms with van der Waals surface area (Å²) < 4.78 is 33.3. The van der Waals surface area contributed by atoms with Gasteiger partial charge in [0.2, 0.25) is 15.9 Å². The van der Waals surface area contributed by atoms with E-state index >= 15 is 0 Å². The van der Waals surface area contributed by atoms with Gasteiger partial charge in [0, 0.05) is 18.7 Å². The minimum absolute atomic E-state index is 0.229. The van der Waals surface area contributed by atoms with Gasteiger partial charge in [-0.15, -0.1) is 0 Å². The molecule has 0 unspecified atom stereocenters. The summed E-state index contributed by atoms with van der Waals surface area (Å²) in [7, 11) is -3.55. The average Bonchev–Trinajstić information content (AvgIpc) is 3.07. The topological polar surface area (TPSA) is 63.4 Å². The second kappa shape index (κ2) is 6.03. The molecule has 1 aromatic heterocycles. The van der Waals surface area contributed by atoms with Gasteiger partial charge in [0.1, 0.15) is 10.4 Å². The Morgan fingerprint density at radius 1 is 0.917 bits per heavy atom. The highest BCUT2D eigenvalue weighted by Crippen LogP contribution is 2.30. The molecule has 0 saturated carbocycles. The van der Waals surface area contributed by atoms with Crippen molar-refractivity contribution in [3.05, 3.63) is 48.5 Å². The summed E-state index contributed by atoms with van der Waals surface area (Å²) >= 11 is 0. The van der Waals surface area contributed by atoms with E-state index in [4.69, 9.17) is 4.42 Å². The van der Waals surface area contributed by atoms with Gasteiger partial charge in [-0.05, 0) is 37.1 Å². The van der Waals surface area contributed by atoms with E-state index in [1.54, 1.807) is 22.5 Å². The zero-order chi connectivity index (χ0) is 16.6. The van der Waals surface area contributed by atoms with Gasteiger partial charge in [-0.3, -0.25) is 0 Å². The van der Waals surface area contributed by atoms with Gasteiger partial charge in [0.25, 0.3) is 0 Å². The Bertz CT molecular complexity index is 958. The number of hydrogen-bond acceptors (Lipinski definition) is 4. The number of para-hydroxylation sites is 1. The van der Waals surface area contributed by atoms with E-state index in [1.807, 2.05) is 30.3 Å². The summed E-state index contributed by atoms with van der Waals surface area (Å²) in [4.78, 5) is 4.70. The van der Waals surface area contributed by atoms with E-state index < -0.39 is 10.0 Å². The first-order valence-electron chi connectivity index (χ1n) is 8.11. The van der Waals surface area contributed by atoms with Gasteiger partial charge in [-0.25, -0.2) is 13.4 Å². The van der Waals surface area contributed by atoms with Crippen molar-refractivity contribution in [2.24, 2.45) is 0 Å². The van der Waals surface area contributed by atoms with Crippen molar-refractivity contribution >= 4 is 21.1 Å². The number of sulfonamides is 1. The van der Waals surface area contributed by atoms with Crippen LogP contribution in [0.15, 0.2) is 57.8 Å². The Morgan fingerprint density at radius 3 is 2.42 bits per heavy atom. The molecule has 0 N–H and O–H groups in total. The number of aromatic nitrogens is 1. The third kappa shape index (κ3) is 2.61. The standard InChI is InChI=1S/C18H18N2O3S/c21-24(22,20-12-5-2-6-13-20)16-11-7-10-15-17(16)19-18(23-15)14-8-3-1-4-9-14/h1,3-4,7-11H,2,5-6,12-13H2. The smallest absolute Gasteiger partial charge is 0.245 e. The molecule has 2 heterocycles. The van der Waals surface area contributed by atoms with Crippen LogP contribution < -0.4 is 0 Å². The summed E-state index contributed by atoms with van der Waals surface area (Å²) in [5.41, 5.74) is 1.73. The third-order valence-corrected chi connectivity index (χ3v) is 6.27. The van der Waals surface area contributed by atoms with Crippen LogP contribution in [-0.4, -0.2) is 30.8 Å². The predicted molar refractivity (Wildman–Crippen MR) is 92.1 cm³/mol. The van der Waals surface area contributed by atoms with Crippen molar-refractivity contribution in [1.29, 1.82) is 0 Å². The molecular weight excluding hydrogens is 324 g/mol. The van der Waals surface area contributed by atoms with Crippen molar-refractivity contribution in [2.75, 3.05) is 13.1 Å². The highest BCUT2D eigenvalue weighted by Gasteiger charge is 2.29. The minimum Gasteiger partial charge on any atom is -0.436 e. The number of oxazole rings is 1. The molecule has 24 heavy (non-hydrogen) atoms. The van der Waals surface area contributed by atoms with Crippen molar-refractivity contribution in [3.8, 4) is 11.5 Å². The van der Waals surface area contributed by atoms with Crippen molar-refractivity contribution in [2.45, 2.75) is 24.2 Å². The first-order chi connectivity index (χ1) is 11.7. The second-order valence-corrected chi connectivity index (χ2v) is 7.86. The normalized spacial score (nSPS) is 16.5. The monoisotopic (exact) mass is 342 g/mol. The zero-order valence-corrected chi connectivity index (χ0v) is 14.0. The number of rotatable bonds is 3. The molecule has 1 fully saturated rings. The second-order valence-electron chi connectivity index (χ2n) is 5.95. The highest BCUT2D eigenvalue weighted by molar-refractivity contribution is 7.89. The van der Waals surface area contributed by atoms with Crippen LogP contribution in [0, 0.1) is 0 Å². The molecule has 2 aromatic carbocycles. The lowest BCUT2D eigenvalue weighted by atomic mass is 10.2. The maximum Gasteiger partial charge on any atom is 0.245 e. The van der Waals surface area contributed by atoms with Crippen LogP contribution in [0.4, 0.5) is 0 Å². The zero-order valence-electron chi connectivity index (χ0n) is 13.2. The molecule has 5 nitrogen and oxygen atoms in total. The van der Waals surface area contributed by atoms with Crippen LogP contribution in [0.1, 0.15) is 19.3 Å². The molecule has 124 valence electrons. The average molecular weight is 342 g/mol. The molecule has 0 spiro atoms. The molecule has 0 bridgehead atoms. The van der Waals surface area contributed by atoms with Crippen LogP contribution in [0.25, 0.3) is 22.6 Å². The van der Waals surface area contributed by atoms with Gasteiger partial charge in [-0.1, -0.05) is 30.7 Å². The van der Waals surface area contributed by atoms with Gasteiger partial charge in [-0.2, -0.15) is 4.31 Å². The Morgan fingerprint density at radius 2 is 1.67 bits per heavy atom. The van der Waals surface area contributed by atoms with Crippen molar-refractivity contribution in [3.63, 3.8) is 0 Å². The van der Waals surface area contributed by atoms with Crippen LogP contribution in [0.5, 0.6) is 0 Å². The Hall–Kier alpha value is -2.18. The Labute approximate surface area is 141 Å². The first kappa shape index (κ1) is 15.4. The molecule has 3 aromatic rings. The first-order valence-corrected chi connectivity index (χ1v) is 9.55. The molecule has 0 radical (unpaired) electrons. The number of fused-ring (bicyclic) bond motifs is 1. The van der Waals surface area contributed by atoms with Gasteiger partial charge in [0.15, 0.2) is 5.58 Å². The van der Waals surface area contributed by atoms with Gasteiger partial charge >= 0.3 is 0 Å². The molecule has 1 aliphatic rings. The third-order valence-electron chi connectivity index (χ3n) is 4.34. The molecule has 6 heteroatoms. The summed E-state index contributed by atoms with van der Waals surface area (Å²) in [5, 5.41) is 0. The van der Waals surface area contributed by atoms with E-state index in [0.717, 1.165) is 24.8 Å². The van der Waals surface area contributed by atoms with Crippen molar-refractivity contribution < 1.29 is 12.8 Å². The maximum atomic E-state index is 13.0. The minimum atomic E-state index is -3.55. The molecule has 4 rings (SSSR count). The van der Waals surface area contributed by atoms with Gasteiger partial charge < -0.3 is 4.42 Å². The summed E-state index contributed by atoms with van der Waals surface area (Å²) in [6, 6.07) is 14.6. The fourth-order valence-electron chi connectivity index (χ4n) is 3.08. The molecule has 1 aliphatic heterocycles. The van der Waals surface area contributed by atoms with E-state index in [0.29, 0.717) is 30.1 Å². The van der Waals surface area contributed by atoms with Crippen molar-refractivity contribution in [1.82, 2.24) is 9.29 Å². The number of benzene rings is 2. The lowest BCUT2D eigenvalue weighted by Gasteiger charge is -2.25. The van der Waals surface area contributed by atoms with E-state index in [1.165, 1.54) is 0 Å². The quantitative estimate of drug-likeness (QED) is 0.728. The molecule has 1 saturated heterocycles. The number of nitrogens with zero attached hydrogens (tertiary/aromatic N) is 2. The van der Waals surface area contributed by atoms with E-state index in [2.05, 4.69) is 4.98 Å².